The molecule has 1 aliphatic heterocycles. The molecule has 96 valence electrons. The Balaban J connectivity index is 2.20. The minimum Gasteiger partial charge on any atom is -0.430 e. The molecule has 1 aliphatic rings. The van der Waals surface area contributed by atoms with E-state index >= 15 is 0 Å². The van der Waals surface area contributed by atoms with Crippen molar-refractivity contribution in [3.8, 4) is 0 Å². The third-order valence-electron chi connectivity index (χ3n) is 2.59. The van der Waals surface area contributed by atoms with Crippen LogP contribution in [0, 0.1) is 6.92 Å². The number of cyclic esters (lactones) is 1. The fourth-order valence-electron chi connectivity index (χ4n) is 1.63. The SMILES string of the molecule is C=C1CC(NS(=O)(=O)c2ccc(C)cc2)C(=O)O1. The summed E-state index contributed by atoms with van der Waals surface area (Å²) in [6.07, 6.45) is 0.171. The number of carbonyl (C=O) groups is 1. The van der Waals surface area contributed by atoms with Crippen LogP contribution in [-0.2, 0) is 19.6 Å². The summed E-state index contributed by atoms with van der Waals surface area (Å²) in [4.78, 5) is 11.5. The van der Waals surface area contributed by atoms with E-state index in [0.29, 0.717) is 0 Å². The quantitative estimate of drug-likeness (QED) is 0.832. The summed E-state index contributed by atoms with van der Waals surface area (Å²) in [5.74, 6) is -0.340. The normalized spacial score (nSPS) is 19.9. The van der Waals surface area contributed by atoms with E-state index in [1.54, 1.807) is 12.1 Å². The second kappa shape index (κ2) is 4.55. The van der Waals surface area contributed by atoms with Crippen LogP contribution in [0.1, 0.15) is 12.0 Å². The van der Waals surface area contributed by atoms with Gasteiger partial charge < -0.3 is 4.74 Å². The van der Waals surface area contributed by atoms with Gasteiger partial charge in [-0.05, 0) is 19.1 Å². The maximum atomic E-state index is 12.0. The van der Waals surface area contributed by atoms with E-state index in [9.17, 15) is 13.2 Å². The molecule has 0 amide bonds. The highest BCUT2D eigenvalue weighted by Crippen LogP contribution is 2.19. The van der Waals surface area contributed by atoms with Gasteiger partial charge in [0.25, 0.3) is 0 Å². The standard InChI is InChI=1S/C12H13NO4S/c1-8-3-5-10(6-4-8)18(15,16)13-11-7-9(2)17-12(11)14/h3-6,11,13H,2,7H2,1H3. The Labute approximate surface area is 106 Å². The largest absolute Gasteiger partial charge is 0.430 e. The number of hydrogen-bond donors (Lipinski definition) is 1. The fraction of sp³-hybridized carbons (Fsp3) is 0.250. The lowest BCUT2D eigenvalue weighted by Gasteiger charge is -2.09. The van der Waals surface area contributed by atoms with Crippen molar-refractivity contribution in [2.75, 3.05) is 0 Å². The maximum absolute atomic E-state index is 12.0. The molecule has 5 nitrogen and oxygen atoms in total. The average Bonchev–Trinajstić information content (AvgIpc) is 2.57. The zero-order valence-electron chi connectivity index (χ0n) is 9.84. The zero-order chi connectivity index (χ0) is 13.3. The van der Waals surface area contributed by atoms with Crippen molar-refractivity contribution in [2.24, 2.45) is 0 Å². The average molecular weight is 267 g/mol. The Morgan fingerprint density at radius 1 is 1.33 bits per heavy atom. The van der Waals surface area contributed by atoms with Crippen LogP contribution in [0.15, 0.2) is 41.5 Å². The van der Waals surface area contributed by atoms with Crippen molar-refractivity contribution in [3.63, 3.8) is 0 Å². The molecule has 0 spiro atoms. The maximum Gasteiger partial charge on any atom is 0.329 e. The first-order valence-corrected chi connectivity index (χ1v) is 6.85. The smallest absolute Gasteiger partial charge is 0.329 e. The number of sulfonamides is 1. The van der Waals surface area contributed by atoms with E-state index in [1.807, 2.05) is 6.92 Å². The molecule has 0 saturated carbocycles. The van der Waals surface area contributed by atoms with Gasteiger partial charge in [0.05, 0.1) is 4.90 Å². The van der Waals surface area contributed by atoms with Crippen molar-refractivity contribution in [1.82, 2.24) is 4.72 Å². The predicted molar refractivity (Wildman–Crippen MR) is 65.1 cm³/mol. The Morgan fingerprint density at radius 2 is 1.94 bits per heavy atom. The number of esters is 1. The lowest BCUT2D eigenvalue weighted by molar-refractivity contribution is -0.136. The van der Waals surface area contributed by atoms with Gasteiger partial charge in [0.2, 0.25) is 10.0 Å². The molecular formula is C12H13NO4S. The van der Waals surface area contributed by atoms with E-state index in [0.717, 1.165) is 5.56 Å². The Kier molecular flexibility index (Phi) is 3.23. The molecule has 1 saturated heterocycles. The first kappa shape index (κ1) is 12.8. The lowest BCUT2D eigenvalue weighted by Crippen LogP contribution is -2.37. The summed E-state index contributed by atoms with van der Waals surface area (Å²) >= 11 is 0. The summed E-state index contributed by atoms with van der Waals surface area (Å²) in [5.41, 5.74) is 0.961. The van der Waals surface area contributed by atoms with Crippen LogP contribution < -0.4 is 4.72 Å². The van der Waals surface area contributed by atoms with E-state index in [1.165, 1.54) is 12.1 Å². The predicted octanol–water partition coefficient (Wildman–Crippen LogP) is 1.10. The van der Waals surface area contributed by atoms with Crippen molar-refractivity contribution >= 4 is 16.0 Å². The van der Waals surface area contributed by atoms with Crippen LogP contribution in [-0.4, -0.2) is 20.4 Å². The van der Waals surface area contributed by atoms with Crippen LogP contribution in [0.2, 0.25) is 0 Å². The van der Waals surface area contributed by atoms with Crippen LogP contribution >= 0.6 is 0 Å². The second-order valence-electron chi connectivity index (χ2n) is 4.15. The minimum absolute atomic E-state index is 0.124. The first-order chi connectivity index (χ1) is 8.38. The number of benzene rings is 1. The molecule has 0 aromatic heterocycles. The van der Waals surface area contributed by atoms with Gasteiger partial charge in [0.15, 0.2) is 0 Å². The molecule has 0 aliphatic carbocycles. The molecule has 1 fully saturated rings. The van der Waals surface area contributed by atoms with E-state index in [4.69, 9.17) is 4.74 Å². The van der Waals surface area contributed by atoms with Crippen LogP contribution in [0.5, 0.6) is 0 Å². The number of carbonyl (C=O) groups excluding carboxylic acids is 1. The van der Waals surface area contributed by atoms with Crippen LogP contribution in [0.3, 0.4) is 0 Å². The van der Waals surface area contributed by atoms with Crippen molar-refractivity contribution in [1.29, 1.82) is 0 Å². The number of rotatable bonds is 3. The first-order valence-electron chi connectivity index (χ1n) is 5.37. The zero-order valence-corrected chi connectivity index (χ0v) is 10.7. The third-order valence-corrected chi connectivity index (χ3v) is 4.08. The summed E-state index contributed by atoms with van der Waals surface area (Å²) in [7, 11) is -3.71. The van der Waals surface area contributed by atoms with Gasteiger partial charge in [-0.3, -0.25) is 0 Å². The van der Waals surface area contributed by atoms with Gasteiger partial charge in [-0.25, -0.2) is 13.2 Å². The summed E-state index contributed by atoms with van der Waals surface area (Å²) in [6, 6.07) is 5.49. The Bertz CT molecular complexity index is 589. The van der Waals surface area contributed by atoms with E-state index < -0.39 is 22.0 Å². The topological polar surface area (TPSA) is 72.5 Å². The van der Waals surface area contributed by atoms with Gasteiger partial charge in [-0.2, -0.15) is 4.72 Å². The second-order valence-corrected chi connectivity index (χ2v) is 5.86. The Morgan fingerprint density at radius 3 is 2.44 bits per heavy atom. The highest BCUT2D eigenvalue weighted by molar-refractivity contribution is 7.89. The molecular weight excluding hydrogens is 254 g/mol. The summed E-state index contributed by atoms with van der Waals surface area (Å²) < 4.78 is 31.0. The van der Waals surface area contributed by atoms with Gasteiger partial charge in [0, 0.05) is 6.42 Å². The number of nitrogens with one attached hydrogen (secondary N) is 1. The lowest BCUT2D eigenvalue weighted by atomic mass is 10.2. The molecule has 0 radical (unpaired) electrons. The van der Waals surface area contributed by atoms with Gasteiger partial charge in [-0.15, -0.1) is 0 Å². The molecule has 1 atom stereocenters. The Hall–Kier alpha value is -1.66. The fourth-order valence-corrected chi connectivity index (χ4v) is 2.81. The van der Waals surface area contributed by atoms with E-state index in [2.05, 4.69) is 11.3 Å². The van der Waals surface area contributed by atoms with E-state index in [-0.39, 0.29) is 17.1 Å². The molecule has 0 bridgehead atoms. The number of ether oxygens (including phenoxy) is 1. The summed E-state index contributed by atoms with van der Waals surface area (Å²) in [5, 5.41) is 0. The molecule has 1 unspecified atom stereocenters. The monoisotopic (exact) mass is 267 g/mol. The molecule has 1 heterocycles. The van der Waals surface area contributed by atoms with Crippen molar-refractivity contribution < 1.29 is 17.9 Å². The van der Waals surface area contributed by atoms with Crippen molar-refractivity contribution in [2.45, 2.75) is 24.3 Å². The van der Waals surface area contributed by atoms with Gasteiger partial charge in [0.1, 0.15) is 11.8 Å². The molecule has 6 heteroatoms. The van der Waals surface area contributed by atoms with Gasteiger partial charge >= 0.3 is 5.97 Å². The number of hydrogen-bond acceptors (Lipinski definition) is 4. The molecule has 1 aromatic carbocycles. The third kappa shape index (κ3) is 2.60. The molecule has 2 rings (SSSR count). The van der Waals surface area contributed by atoms with Gasteiger partial charge in [-0.1, -0.05) is 24.3 Å². The van der Waals surface area contributed by atoms with Crippen molar-refractivity contribution in [3.05, 3.63) is 42.2 Å². The molecule has 1 N–H and O–H groups in total. The molecule has 1 aromatic rings. The number of aryl methyl sites for hydroxylation is 1. The van der Waals surface area contributed by atoms with Crippen LogP contribution in [0.4, 0.5) is 0 Å². The highest BCUT2D eigenvalue weighted by Gasteiger charge is 2.33. The van der Waals surface area contributed by atoms with Crippen LogP contribution in [0.25, 0.3) is 0 Å². The highest BCUT2D eigenvalue weighted by atomic mass is 32.2. The molecule has 18 heavy (non-hydrogen) atoms. The minimum atomic E-state index is -3.71. The summed E-state index contributed by atoms with van der Waals surface area (Å²) in [6.45, 7) is 5.35.